The van der Waals surface area contributed by atoms with Crippen molar-refractivity contribution in [3.05, 3.63) is 30.3 Å². The van der Waals surface area contributed by atoms with Crippen LogP contribution in [-0.4, -0.2) is 63.4 Å². The van der Waals surface area contributed by atoms with Gasteiger partial charge in [0.05, 0.1) is 29.4 Å². The number of hydrogen-bond donors (Lipinski definition) is 1. The lowest BCUT2D eigenvalue weighted by molar-refractivity contribution is -0.137. The van der Waals surface area contributed by atoms with Gasteiger partial charge in [0, 0.05) is 19.6 Å². The maximum absolute atomic E-state index is 12.6. The molecule has 2 atom stereocenters. The highest BCUT2D eigenvalue weighted by molar-refractivity contribution is 7.92. The highest BCUT2D eigenvalue weighted by Gasteiger charge is 2.39. The highest BCUT2D eigenvalue weighted by atomic mass is 32.2. The standard InChI is InChI=1S/C15H20N2O4S/c18-15(17-6-8-21-9-7-17)14-10-13(11-16-14)22(19,20)12-4-2-1-3-5-12/h1-5,13-14,16H,6-11H2. The molecule has 0 saturated carbocycles. The maximum atomic E-state index is 12.6. The number of nitrogens with zero attached hydrogens (tertiary/aromatic N) is 1. The number of amides is 1. The summed E-state index contributed by atoms with van der Waals surface area (Å²) in [5.41, 5.74) is 0. The Morgan fingerprint density at radius 1 is 1.18 bits per heavy atom. The van der Waals surface area contributed by atoms with Gasteiger partial charge in [0.25, 0.3) is 0 Å². The van der Waals surface area contributed by atoms with E-state index in [1.807, 2.05) is 0 Å². The summed E-state index contributed by atoms with van der Waals surface area (Å²) in [5, 5.41) is 2.52. The van der Waals surface area contributed by atoms with Crippen LogP contribution in [0.15, 0.2) is 35.2 Å². The third kappa shape index (κ3) is 3.02. The molecule has 2 fully saturated rings. The van der Waals surface area contributed by atoms with E-state index in [0.29, 0.717) is 44.2 Å². The number of benzene rings is 1. The molecule has 2 heterocycles. The van der Waals surface area contributed by atoms with Gasteiger partial charge in [0.1, 0.15) is 0 Å². The van der Waals surface area contributed by atoms with Crippen molar-refractivity contribution in [3.8, 4) is 0 Å². The summed E-state index contributed by atoms with van der Waals surface area (Å²) >= 11 is 0. The molecule has 2 saturated heterocycles. The van der Waals surface area contributed by atoms with Crippen molar-refractivity contribution in [2.75, 3.05) is 32.8 Å². The fraction of sp³-hybridized carbons (Fsp3) is 0.533. The monoisotopic (exact) mass is 324 g/mol. The lowest BCUT2D eigenvalue weighted by Gasteiger charge is -2.29. The van der Waals surface area contributed by atoms with Gasteiger partial charge in [0.15, 0.2) is 9.84 Å². The van der Waals surface area contributed by atoms with Crippen LogP contribution in [0.3, 0.4) is 0 Å². The first-order chi connectivity index (χ1) is 10.6. The largest absolute Gasteiger partial charge is 0.378 e. The van der Waals surface area contributed by atoms with E-state index in [2.05, 4.69) is 5.32 Å². The summed E-state index contributed by atoms with van der Waals surface area (Å²) in [6.07, 6.45) is 0.327. The quantitative estimate of drug-likeness (QED) is 0.850. The number of morpholine rings is 1. The number of sulfone groups is 1. The van der Waals surface area contributed by atoms with Crippen LogP contribution in [0.2, 0.25) is 0 Å². The minimum atomic E-state index is -3.39. The normalized spacial score (nSPS) is 26.1. The van der Waals surface area contributed by atoms with E-state index in [9.17, 15) is 13.2 Å². The Morgan fingerprint density at radius 2 is 1.86 bits per heavy atom. The van der Waals surface area contributed by atoms with E-state index < -0.39 is 21.1 Å². The van der Waals surface area contributed by atoms with Crippen molar-refractivity contribution in [3.63, 3.8) is 0 Å². The Bertz CT molecular complexity index is 626. The van der Waals surface area contributed by atoms with Gasteiger partial charge in [-0.1, -0.05) is 18.2 Å². The second kappa shape index (κ2) is 6.36. The molecule has 1 aromatic carbocycles. The zero-order chi connectivity index (χ0) is 15.6. The van der Waals surface area contributed by atoms with Gasteiger partial charge >= 0.3 is 0 Å². The van der Waals surface area contributed by atoms with Crippen LogP contribution < -0.4 is 5.32 Å². The topological polar surface area (TPSA) is 75.7 Å². The summed E-state index contributed by atoms with van der Waals surface area (Å²) in [6, 6.07) is 8.01. The predicted octanol–water partition coefficient (Wildman–Crippen LogP) is 0.0496. The van der Waals surface area contributed by atoms with Crippen molar-refractivity contribution in [2.45, 2.75) is 22.6 Å². The summed E-state index contributed by atoms with van der Waals surface area (Å²) in [4.78, 5) is 14.5. The Hall–Kier alpha value is -1.44. The lowest BCUT2D eigenvalue weighted by Crippen LogP contribution is -2.48. The molecule has 120 valence electrons. The van der Waals surface area contributed by atoms with E-state index >= 15 is 0 Å². The maximum Gasteiger partial charge on any atom is 0.239 e. The SMILES string of the molecule is O=C(C1CC(S(=O)(=O)c2ccccc2)CN1)N1CCOCC1. The molecular weight excluding hydrogens is 304 g/mol. The smallest absolute Gasteiger partial charge is 0.239 e. The molecule has 0 radical (unpaired) electrons. The summed E-state index contributed by atoms with van der Waals surface area (Å²) in [7, 11) is -3.39. The van der Waals surface area contributed by atoms with E-state index in [1.54, 1.807) is 35.2 Å². The van der Waals surface area contributed by atoms with Crippen molar-refractivity contribution >= 4 is 15.7 Å². The van der Waals surface area contributed by atoms with Crippen LogP contribution in [0.25, 0.3) is 0 Å². The van der Waals surface area contributed by atoms with Crippen LogP contribution in [0.5, 0.6) is 0 Å². The molecule has 0 aromatic heterocycles. The minimum absolute atomic E-state index is 0.0194. The average molecular weight is 324 g/mol. The molecule has 1 N–H and O–H groups in total. The molecular formula is C15H20N2O4S. The van der Waals surface area contributed by atoms with Gasteiger partial charge in [-0.05, 0) is 18.6 Å². The van der Waals surface area contributed by atoms with Crippen LogP contribution in [0, 0.1) is 0 Å². The zero-order valence-electron chi connectivity index (χ0n) is 12.3. The third-order valence-corrected chi connectivity index (χ3v) is 6.39. The molecule has 7 heteroatoms. The number of nitrogens with one attached hydrogen (secondary N) is 1. The van der Waals surface area contributed by atoms with Gasteiger partial charge in [-0.2, -0.15) is 0 Å². The second-order valence-electron chi connectivity index (χ2n) is 5.61. The Morgan fingerprint density at radius 3 is 2.55 bits per heavy atom. The van der Waals surface area contributed by atoms with Crippen LogP contribution in [0.1, 0.15) is 6.42 Å². The van der Waals surface area contributed by atoms with Crippen LogP contribution in [0.4, 0.5) is 0 Å². The summed E-state index contributed by atoms with van der Waals surface area (Å²) in [6.45, 7) is 2.56. The Balaban J connectivity index is 1.68. The molecule has 3 rings (SSSR count). The minimum Gasteiger partial charge on any atom is -0.378 e. The molecule has 2 aliphatic rings. The molecule has 2 unspecified atom stereocenters. The fourth-order valence-electron chi connectivity index (χ4n) is 2.93. The predicted molar refractivity (Wildman–Crippen MR) is 81.2 cm³/mol. The molecule has 0 spiro atoms. The first-order valence-corrected chi connectivity index (χ1v) is 9.02. The van der Waals surface area contributed by atoms with E-state index in [1.165, 1.54) is 0 Å². The molecule has 0 bridgehead atoms. The van der Waals surface area contributed by atoms with E-state index in [0.717, 1.165) is 0 Å². The zero-order valence-corrected chi connectivity index (χ0v) is 13.1. The molecule has 6 nitrogen and oxygen atoms in total. The Kier molecular flexibility index (Phi) is 4.46. The van der Waals surface area contributed by atoms with E-state index in [-0.39, 0.29) is 5.91 Å². The van der Waals surface area contributed by atoms with E-state index in [4.69, 9.17) is 4.74 Å². The van der Waals surface area contributed by atoms with Crippen molar-refractivity contribution in [1.82, 2.24) is 10.2 Å². The number of hydrogen-bond acceptors (Lipinski definition) is 5. The number of carbonyl (C=O) groups is 1. The van der Waals surface area contributed by atoms with Gasteiger partial charge in [0.2, 0.25) is 5.91 Å². The number of rotatable bonds is 3. The lowest BCUT2D eigenvalue weighted by atomic mass is 10.2. The van der Waals surface area contributed by atoms with Crippen LogP contribution in [-0.2, 0) is 19.4 Å². The van der Waals surface area contributed by atoms with Gasteiger partial charge in [-0.15, -0.1) is 0 Å². The molecule has 1 amide bonds. The van der Waals surface area contributed by atoms with Gasteiger partial charge < -0.3 is 15.0 Å². The number of ether oxygens (including phenoxy) is 1. The summed E-state index contributed by atoms with van der Waals surface area (Å²) < 4.78 is 30.4. The van der Waals surface area contributed by atoms with Gasteiger partial charge in [-0.3, -0.25) is 4.79 Å². The van der Waals surface area contributed by atoms with Crippen molar-refractivity contribution < 1.29 is 17.9 Å². The first-order valence-electron chi connectivity index (χ1n) is 7.48. The van der Waals surface area contributed by atoms with Crippen LogP contribution >= 0.6 is 0 Å². The second-order valence-corrected chi connectivity index (χ2v) is 7.84. The molecule has 22 heavy (non-hydrogen) atoms. The Labute approximate surface area is 130 Å². The number of carbonyl (C=O) groups excluding carboxylic acids is 1. The molecule has 2 aliphatic heterocycles. The van der Waals surface area contributed by atoms with Crippen molar-refractivity contribution in [2.24, 2.45) is 0 Å². The molecule has 1 aromatic rings. The molecule has 0 aliphatic carbocycles. The highest BCUT2D eigenvalue weighted by Crippen LogP contribution is 2.23. The first kappa shape index (κ1) is 15.5. The van der Waals surface area contributed by atoms with Gasteiger partial charge in [-0.25, -0.2) is 8.42 Å². The third-order valence-electron chi connectivity index (χ3n) is 4.22. The summed E-state index contributed by atoms with van der Waals surface area (Å²) in [5.74, 6) is -0.0194. The van der Waals surface area contributed by atoms with Crippen molar-refractivity contribution in [1.29, 1.82) is 0 Å². The fourth-order valence-corrected chi connectivity index (χ4v) is 4.62. The average Bonchev–Trinajstić information content (AvgIpc) is 3.06.